The van der Waals surface area contributed by atoms with Gasteiger partial charge in [0.25, 0.3) is 5.92 Å². The third-order valence-corrected chi connectivity index (χ3v) is 8.96. The lowest BCUT2D eigenvalue weighted by atomic mass is 10.0. The highest BCUT2D eigenvalue weighted by Gasteiger charge is 2.41. The van der Waals surface area contributed by atoms with Crippen LogP contribution in [0.2, 0.25) is 0 Å². The van der Waals surface area contributed by atoms with Crippen LogP contribution >= 0.6 is 0 Å². The Labute approximate surface area is 261 Å². The summed E-state index contributed by atoms with van der Waals surface area (Å²) in [5.41, 5.74) is 6.96. The number of carbonyl (C=O) groups excluding carboxylic acids is 1. The van der Waals surface area contributed by atoms with Gasteiger partial charge in [-0.15, -0.1) is 13.2 Å². The lowest BCUT2D eigenvalue weighted by molar-refractivity contribution is -0.274. The number of aliphatic imine (C=N–C) groups is 3. The van der Waals surface area contributed by atoms with Crippen molar-refractivity contribution in [3.63, 3.8) is 0 Å². The van der Waals surface area contributed by atoms with Crippen LogP contribution in [-0.4, -0.2) is 74.0 Å². The van der Waals surface area contributed by atoms with E-state index in [1.165, 1.54) is 54.8 Å². The molecule has 0 bridgehead atoms. The van der Waals surface area contributed by atoms with E-state index < -0.39 is 40.0 Å². The highest BCUT2D eigenvalue weighted by atomic mass is 32.2. The number of nitrogens with zero attached hydrogens (tertiary/aromatic N) is 5. The van der Waals surface area contributed by atoms with Gasteiger partial charge in [-0.05, 0) is 29.8 Å². The Kier molecular flexibility index (Phi) is 10.3. The monoisotopic (exact) mass is 667 g/mol. The van der Waals surface area contributed by atoms with Crippen LogP contribution in [-0.2, 0) is 27.3 Å². The largest absolute Gasteiger partial charge is 0.573 e. The maximum atomic E-state index is 14.0. The number of amidine groups is 1. The molecule has 2 aliphatic heterocycles. The topological polar surface area (TPSA) is 142 Å². The number of benzene rings is 2. The molecule has 2 aromatic carbocycles. The van der Waals surface area contributed by atoms with Crippen molar-refractivity contribution in [3.8, 4) is 5.75 Å². The number of rotatable bonds is 10. The molecular formula is C29H30F5N7O4S. The summed E-state index contributed by atoms with van der Waals surface area (Å²) in [6, 6.07) is 7.58. The Hall–Kier alpha value is -4.64. The highest BCUT2D eigenvalue weighted by Crippen LogP contribution is 2.31. The van der Waals surface area contributed by atoms with E-state index >= 15 is 0 Å². The molecule has 4 rings (SSSR count). The molecule has 1 fully saturated rings. The molecule has 2 aromatic rings. The van der Waals surface area contributed by atoms with Gasteiger partial charge in [-0.25, -0.2) is 32.2 Å². The number of hydrogen-bond acceptors (Lipinski definition) is 8. The lowest BCUT2D eigenvalue weighted by Gasteiger charge is -2.40. The SMILES string of the molecule is C=C1C=NC=N/C1=N/C=C(\N)N1CCN(S(=O)(=O)c2ccc(OC(F)(F)F)cc2)[C@@H](C(=O)NCc2ccc(C(F)(F)CC)cc2)C1. The Morgan fingerprint density at radius 1 is 1.13 bits per heavy atom. The second-order valence-corrected chi connectivity index (χ2v) is 12.0. The Bertz CT molecular complexity index is 1670. The average molecular weight is 668 g/mol. The second-order valence-electron chi connectivity index (χ2n) is 10.1. The van der Waals surface area contributed by atoms with Crippen LogP contribution in [0.5, 0.6) is 5.75 Å². The number of nitrogens with two attached hydrogens (primary N) is 1. The number of nitrogens with one attached hydrogen (secondary N) is 1. The van der Waals surface area contributed by atoms with Crippen molar-refractivity contribution in [2.45, 2.75) is 43.1 Å². The van der Waals surface area contributed by atoms with Crippen molar-refractivity contribution in [3.05, 3.63) is 83.8 Å². The summed E-state index contributed by atoms with van der Waals surface area (Å²) in [5.74, 6) is -4.03. The molecule has 0 unspecified atom stereocenters. The molecule has 2 heterocycles. The van der Waals surface area contributed by atoms with E-state index in [1.807, 2.05) is 0 Å². The number of ether oxygens (including phenoxy) is 1. The van der Waals surface area contributed by atoms with Crippen LogP contribution < -0.4 is 15.8 Å². The zero-order valence-corrected chi connectivity index (χ0v) is 25.2. The number of piperazine rings is 1. The van der Waals surface area contributed by atoms with Crippen LogP contribution in [0, 0.1) is 0 Å². The zero-order valence-electron chi connectivity index (χ0n) is 24.4. The first-order valence-corrected chi connectivity index (χ1v) is 15.2. The number of amides is 1. The van der Waals surface area contributed by atoms with Gasteiger partial charge in [0, 0.05) is 50.0 Å². The van der Waals surface area contributed by atoms with Crippen LogP contribution in [0.4, 0.5) is 22.0 Å². The minimum Gasteiger partial charge on any atom is -0.406 e. The van der Waals surface area contributed by atoms with E-state index in [2.05, 4.69) is 31.6 Å². The summed E-state index contributed by atoms with van der Waals surface area (Å²) < 4.78 is 97.9. The van der Waals surface area contributed by atoms with Crippen molar-refractivity contribution in [1.82, 2.24) is 14.5 Å². The molecule has 0 spiro atoms. The van der Waals surface area contributed by atoms with Gasteiger partial charge in [0.05, 0.1) is 11.1 Å². The van der Waals surface area contributed by atoms with Gasteiger partial charge in [-0.2, -0.15) is 4.31 Å². The summed E-state index contributed by atoms with van der Waals surface area (Å²) in [6.07, 6.45) is -1.36. The molecule has 3 N–H and O–H groups in total. The van der Waals surface area contributed by atoms with Crippen LogP contribution in [0.15, 0.2) is 92.6 Å². The van der Waals surface area contributed by atoms with Gasteiger partial charge < -0.3 is 20.7 Å². The second kappa shape index (κ2) is 13.8. The van der Waals surface area contributed by atoms with Crippen molar-refractivity contribution in [2.75, 3.05) is 19.6 Å². The predicted molar refractivity (Wildman–Crippen MR) is 161 cm³/mol. The molecule has 11 nitrogen and oxygen atoms in total. The summed E-state index contributed by atoms with van der Waals surface area (Å²) in [5, 5.41) is 2.64. The fourth-order valence-electron chi connectivity index (χ4n) is 4.51. The quantitative estimate of drug-likeness (QED) is 0.368. The van der Waals surface area contributed by atoms with Gasteiger partial charge in [0.2, 0.25) is 15.9 Å². The van der Waals surface area contributed by atoms with E-state index in [0.29, 0.717) is 11.1 Å². The predicted octanol–water partition coefficient (Wildman–Crippen LogP) is 3.90. The first kappa shape index (κ1) is 34.2. The molecule has 1 atom stereocenters. The Morgan fingerprint density at radius 2 is 1.80 bits per heavy atom. The van der Waals surface area contributed by atoms with E-state index in [4.69, 9.17) is 5.73 Å². The molecule has 1 saturated heterocycles. The van der Waals surface area contributed by atoms with Gasteiger partial charge >= 0.3 is 6.36 Å². The highest BCUT2D eigenvalue weighted by molar-refractivity contribution is 7.89. The van der Waals surface area contributed by atoms with Gasteiger partial charge in [-0.1, -0.05) is 37.8 Å². The van der Waals surface area contributed by atoms with Crippen molar-refractivity contribution in [1.29, 1.82) is 0 Å². The van der Waals surface area contributed by atoms with Gasteiger partial charge in [0.15, 0.2) is 5.84 Å². The van der Waals surface area contributed by atoms with Crippen molar-refractivity contribution < 1.29 is 39.9 Å². The van der Waals surface area contributed by atoms with Crippen LogP contribution in [0.3, 0.4) is 0 Å². The smallest absolute Gasteiger partial charge is 0.406 e. The molecule has 0 aliphatic carbocycles. The molecule has 2 aliphatic rings. The first-order valence-electron chi connectivity index (χ1n) is 13.8. The minimum atomic E-state index is -4.97. The maximum Gasteiger partial charge on any atom is 0.573 e. The van der Waals surface area contributed by atoms with Gasteiger partial charge in [0.1, 0.15) is 24.0 Å². The number of alkyl halides is 5. The Balaban J connectivity index is 1.57. The summed E-state index contributed by atoms with van der Waals surface area (Å²) in [4.78, 5) is 26.7. The molecule has 17 heteroatoms. The van der Waals surface area contributed by atoms with E-state index in [1.54, 1.807) is 0 Å². The fraction of sp³-hybridized carbons (Fsp3) is 0.310. The number of halogens is 5. The van der Waals surface area contributed by atoms with E-state index in [-0.39, 0.29) is 54.7 Å². The normalized spacial score (nSPS) is 19.0. The van der Waals surface area contributed by atoms with E-state index in [0.717, 1.165) is 28.6 Å². The fourth-order valence-corrected chi connectivity index (χ4v) is 6.08. The van der Waals surface area contributed by atoms with Crippen molar-refractivity contribution in [2.24, 2.45) is 20.7 Å². The minimum absolute atomic E-state index is 0.0320. The van der Waals surface area contributed by atoms with Crippen LogP contribution in [0.1, 0.15) is 24.5 Å². The first-order chi connectivity index (χ1) is 21.6. The summed E-state index contributed by atoms with van der Waals surface area (Å²) in [7, 11) is -4.42. The average Bonchev–Trinajstić information content (AvgIpc) is 3.02. The summed E-state index contributed by atoms with van der Waals surface area (Å²) in [6.45, 7) is 4.60. The summed E-state index contributed by atoms with van der Waals surface area (Å²) >= 11 is 0. The van der Waals surface area contributed by atoms with Crippen molar-refractivity contribution >= 4 is 34.3 Å². The third-order valence-electron chi connectivity index (χ3n) is 7.03. The molecule has 0 aromatic heterocycles. The molecule has 0 radical (unpaired) electrons. The zero-order chi connectivity index (χ0) is 33.7. The number of sulfonamides is 1. The Morgan fingerprint density at radius 3 is 2.41 bits per heavy atom. The van der Waals surface area contributed by atoms with Gasteiger partial charge in [-0.3, -0.25) is 4.79 Å². The molecule has 46 heavy (non-hydrogen) atoms. The van der Waals surface area contributed by atoms with E-state index in [9.17, 15) is 35.2 Å². The number of hydrogen-bond donors (Lipinski definition) is 2. The third kappa shape index (κ3) is 8.33. The molecule has 1 amide bonds. The lowest BCUT2D eigenvalue weighted by Crippen LogP contribution is -2.60. The standard InChI is InChI=1S/C29H30F5N7O4S/c1-3-28(30,31)21-6-4-20(5-7-21)15-38-27(42)24-17-40(25(35)16-37-26-19(2)14-36-18-39-26)12-13-41(24)46(43,44)23-10-8-22(9-11-23)45-29(32,33)34/h4-11,14,16,18,24H,2-3,12-13,15,17,35H2,1H3,(H,38,42)/b25-16+,37-26+/t24-/m1/s1. The maximum absolute atomic E-state index is 14.0. The molecule has 246 valence electrons. The number of carbonyl (C=O) groups is 1. The van der Waals surface area contributed by atoms with Crippen LogP contribution in [0.25, 0.3) is 0 Å². The molecule has 0 saturated carbocycles. The molecular weight excluding hydrogens is 637 g/mol.